The molecule has 0 radical (unpaired) electrons. The average Bonchev–Trinajstić information content (AvgIpc) is 3.00. The fourth-order valence-corrected chi connectivity index (χ4v) is 7.33. The molecule has 2 aromatic rings. The van der Waals surface area contributed by atoms with Gasteiger partial charge in [-0.15, -0.1) is 0 Å². The molecule has 10 nitrogen and oxygen atoms in total. The third kappa shape index (κ3) is 3.93. The Morgan fingerprint density at radius 2 is 1.81 bits per heavy atom. The number of aromatic nitrogens is 1. The van der Waals surface area contributed by atoms with Gasteiger partial charge in [0.25, 0.3) is 0 Å². The predicted molar refractivity (Wildman–Crippen MR) is 119 cm³/mol. The Hall–Kier alpha value is -2.70. The van der Waals surface area contributed by atoms with Crippen LogP contribution in [-0.2, 0) is 24.8 Å². The number of pyridine rings is 1. The normalized spacial score (nSPS) is 21.7. The van der Waals surface area contributed by atoms with Gasteiger partial charge in [0, 0.05) is 32.4 Å². The summed E-state index contributed by atoms with van der Waals surface area (Å²) in [6, 6.07) is 9.51. The van der Waals surface area contributed by atoms with Gasteiger partial charge in [0.15, 0.2) is 0 Å². The zero-order valence-corrected chi connectivity index (χ0v) is 19.3. The van der Waals surface area contributed by atoms with E-state index in [1.54, 1.807) is 6.20 Å². The summed E-state index contributed by atoms with van der Waals surface area (Å²) in [5.74, 6) is -0.728. The summed E-state index contributed by atoms with van der Waals surface area (Å²) in [6.45, 7) is 2.89. The summed E-state index contributed by atoms with van der Waals surface area (Å²) in [4.78, 5) is 18.6. The number of hydrogen-bond acceptors (Lipinski definition) is 8. The van der Waals surface area contributed by atoms with Gasteiger partial charge >= 0.3 is 0 Å². The van der Waals surface area contributed by atoms with Crippen molar-refractivity contribution in [3.63, 3.8) is 0 Å². The molecule has 2 aliphatic heterocycles. The third-order valence-electron chi connectivity index (χ3n) is 5.57. The van der Waals surface area contributed by atoms with Gasteiger partial charge in [0.2, 0.25) is 26.0 Å². The number of rotatable bonds is 5. The Bertz CT molecular complexity index is 1230. The molecule has 0 N–H and O–H groups in total. The highest BCUT2D eigenvalue weighted by Gasteiger charge is 2.43. The largest absolute Gasteiger partial charge is 0.495 e. The van der Waals surface area contributed by atoms with Gasteiger partial charge < -0.3 is 9.64 Å². The van der Waals surface area contributed by atoms with Crippen LogP contribution in [-0.4, -0.2) is 71.1 Å². The van der Waals surface area contributed by atoms with Crippen LogP contribution in [0, 0.1) is 5.92 Å². The molecule has 12 heteroatoms. The quantitative estimate of drug-likeness (QED) is 0.620. The number of nitrogens with zero attached hydrogens (tertiary/aromatic N) is 4. The van der Waals surface area contributed by atoms with Gasteiger partial charge in [0.1, 0.15) is 16.5 Å². The summed E-state index contributed by atoms with van der Waals surface area (Å²) >= 11 is 0. The van der Waals surface area contributed by atoms with Crippen molar-refractivity contribution in [3.05, 3.63) is 42.6 Å². The Morgan fingerprint density at radius 3 is 2.38 bits per heavy atom. The van der Waals surface area contributed by atoms with Crippen LogP contribution in [0.3, 0.4) is 0 Å². The van der Waals surface area contributed by atoms with Crippen molar-refractivity contribution in [3.8, 4) is 5.75 Å². The van der Waals surface area contributed by atoms with Crippen molar-refractivity contribution >= 4 is 37.5 Å². The maximum atomic E-state index is 13.4. The standard InChI is InChI=1S/C20H24N4O6S2/c1-15-14-31(26,27)24(20(15)25)16-6-7-17(30-2)18(13-16)32(28,29)23-11-9-22(10-12-23)19-5-3-4-8-21-19/h3-8,13,15H,9-12,14H2,1-2H3/t15-/m0/s1. The molecule has 0 saturated carbocycles. The molecule has 1 aromatic heterocycles. The van der Waals surface area contributed by atoms with Crippen LogP contribution in [0.4, 0.5) is 11.5 Å². The van der Waals surface area contributed by atoms with E-state index in [1.807, 2.05) is 23.1 Å². The summed E-state index contributed by atoms with van der Waals surface area (Å²) < 4.78 is 59.1. The second-order valence-electron chi connectivity index (χ2n) is 7.70. The first-order chi connectivity index (χ1) is 15.1. The number of anilines is 2. The lowest BCUT2D eigenvalue weighted by Crippen LogP contribution is -2.49. The first-order valence-electron chi connectivity index (χ1n) is 10.1. The van der Waals surface area contributed by atoms with Crippen molar-refractivity contribution in [2.45, 2.75) is 11.8 Å². The molecule has 32 heavy (non-hydrogen) atoms. The van der Waals surface area contributed by atoms with Crippen molar-refractivity contribution in [1.82, 2.24) is 9.29 Å². The van der Waals surface area contributed by atoms with Crippen LogP contribution in [0.15, 0.2) is 47.5 Å². The number of hydrogen-bond donors (Lipinski definition) is 0. The lowest BCUT2D eigenvalue weighted by molar-refractivity contribution is -0.119. The van der Waals surface area contributed by atoms with Crippen LogP contribution in [0.1, 0.15) is 6.92 Å². The van der Waals surface area contributed by atoms with Crippen molar-refractivity contribution < 1.29 is 26.4 Å². The summed E-state index contributed by atoms with van der Waals surface area (Å²) in [5.41, 5.74) is -0.00848. The summed E-state index contributed by atoms with van der Waals surface area (Å²) in [7, 11) is -6.52. The van der Waals surface area contributed by atoms with E-state index in [2.05, 4.69) is 4.98 Å². The Kier molecular flexibility index (Phi) is 5.86. The van der Waals surface area contributed by atoms with E-state index in [9.17, 15) is 21.6 Å². The first kappa shape index (κ1) is 22.5. The second-order valence-corrected chi connectivity index (χ2v) is 11.5. The molecule has 0 spiro atoms. The van der Waals surface area contributed by atoms with Gasteiger partial charge in [0.05, 0.1) is 24.5 Å². The van der Waals surface area contributed by atoms with E-state index in [4.69, 9.17) is 4.74 Å². The molecule has 0 aliphatic carbocycles. The van der Waals surface area contributed by atoms with E-state index >= 15 is 0 Å². The summed E-state index contributed by atoms with van der Waals surface area (Å²) in [5, 5.41) is 0. The number of sulfonamides is 2. The minimum Gasteiger partial charge on any atom is -0.495 e. The van der Waals surface area contributed by atoms with Gasteiger partial charge in [-0.1, -0.05) is 13.0 Å². The second kappa shape index (κ2) is 8.34. The van der Waals surface area contributed by atoms with E-state index in [1.165, 1.54) is 36.5 Å². The van der Waals surface area contributed by atoms with Crippen molar-refractivity contribution in [1.29, 1.82) is 0 Å². The highest BCUT2D eigenvalue weighted by Crippen LogP contribution is 2.35. The number of methoxy groups -OCH3 is 1. The number of benzene rings is 1. The molecule has 2 saturated heterocycles. The highest BCUT2D eigenvalue weighted by molar-refractivity contribution is 7.94. The fraction of sp³-hybridized carbons (Fsp3) is 0.400. The minimum atomic E-state index is -4.00. The van der Waals surface area contributed by atoms with Gasteiger partial charge in [-0.2, -0.15) is 4.31 Å². The average molecular weight is 481 g/mol. The Labute approximate surface area is 187 Å². The maximum Gasteiger partial charge on any atom is 0.246 e. The van der Waals surface area contributed by atoms with Gasteiger partial charge in [-0.05, 0) is 30.3 Å². The summed E-state index contributed by atoms with van der Waals surface area (Å²) in [6.07, 6.45) is 1.68. The number of ether oxygens (including phenoxy) is 1. The molecule has 3 heterocycles. The predicted octanol–water partition coefficient (Wildman–Crippen LogP) is 0.914. The molecular formula is C20H24N4O6S2. The molecule has 1 atom stereocenters. The number of carbonyl (C=O) groups excluding carboxylic acids is 1. The van der Waals surface area contributed by atoms with E-state index in [0.29, 0.717) is 17.4 Å². The molecule has 172 valence electrons. The van der Waals surface area contributed by atoms with Crippen LogP contribution < -0.4 is 13.9 Å². The fourth-order valence-electron chi connectivity index (χ4n) is 3.92. The number of piperazine rings is 1. The molecule has 2 aliphatic rings. The van der Waals surface area contributed by atoms with E-state index in [0.717, 1.165) is 5.82 Å². The monoisotopic (exact) mass is 480 g/mol. The van der Waals surface area contributed by atoms with Crippen LogP contribution in [0.2, 0.25) is 0 Å². The first-order valence-corrected chi connectivity index (χ1v) is 13.1. The topological polar surface area (TPSA) is 117 Å². The van der Waals surface area contributed by atoms with Crippen LogP contribution >= 0.6 is 0 Å². The van der Waals surface area contributed by atoms with E-state index in [-0.39, 0.29) is 35.2 Å². The molecule has 2 fully saturated rings. The number of amides is 1. The van der Waals surface area contributed by atoms with Crippen molar-refractivity contribution in [2.75, 3.05) is 48.2 Å². The lowest BCUT2D eigenvalue weighted by atomic mass is 10.2. The molecule has 4 rings (SSSR count). The zero-order valence-electron chi connectivity index (χ0n) is 17.7. The molecule has 1 amide bonds. The maximum absolute atomic E-state index is 13.4. The van der Waals surface area contributed by atoms with Gasteiger partial charge in [-0.3, -0.25) is 4.79 Å². The minimum absolute atomic E-state index is 0.00848. The molecule has 0 unspecified atom stereocenters. The van der Waals surface area contributed by atoms with Crippen LogP contribution in [0.5, 0.6) is 5.75 Å². The SMILES string of the molecule is COc1ccc(N2C(=O)[C@@H](C)CS2(=O)=O)cc1S(=O)(=O)N1CCN(c2ccccn2)CC1. The smallest absolute Gasteiger partial charge is 0.246 e. The molecular weight excluding hydrogens is 456 g/mol. The van der Waals surface area contributed by atoms with E-state index < -0.39 is 31.9 Å². The van der Waals surface area contributed by atoms with Gasteiger partial charge in [-0.25, -0.2) is 26.1 Å². The highest BCUT2D eigenvalue weighted by atomic mass is 32.2. The lowest BCUT2D eigenvalue weighted by Gasteiger charge is -2.34. The van der Waals surface area contributed by atoms with Crippen molar-refractivity contribution in [2.24, 2.45) is 5.92 Å². The molecule has 0 bridgehead atoms. The zero-order chi connectivity index (χ0) is 23.1. The third-order valence-corrected chi connectivity index (χ3v) is 9.36. The Morgan fingerprint density at radius 1 is 1.09 bits per heavy atom. The Balaban J connectivity index is 1.64. The van der Waals surface area contributed by atoms with Crippen LogP contribution in [0.25, 0.3) is 0 Å². The molecule has 1 aromatic carbocycles. The number of carbonyl (C=O) groups is 1.